The normalized spacial score (nSPS) is 21.0. The van der Waals surface area contributed by atoms with Gasteiger partial charge in [0.1, 0.15) is 0 Å². The third-order valence-electron chi connectivity index (χ3n) is 5.09. The van der Waals surface area contributed by atoms with Crippen LogP contribution in [0.4, 0.5) is 0 Å². The van der Waals surface area contributed by atoms with E-state index in [0.29, 0.717) is 5.92 Å². The van der Waals surface area contributed by atoms with Crippen LogP contribution < -0.4 is 5.32 Å². The third kappa shape index (κ3) is 4.20. The van der Waals surface area contributed by atoms with Gasteiger partial charge < -0.3 is 10.1 Å². The molecular weight excluding hydrogens is 310 g/mol. The maximum absolute atomic E-state index is 6.07. The van der Waals surface area contributed by atoms with Crippen molar-refractivity contribution < 1.29 is 4.74 Å². The Hall–Kier alpha value is -1.91. The van der Waals surface area contributed by atoms with Crippen molar-refractivity contribution in [1.82, 2.24) is 15.1 Å². The van der Waals surface area contributed by atoms with Crippen LogP contribution in [0.25, 0.3) is 6.08 Å². The highest BCUT2D eigenvalue weighted by molar-refractivity contribution is 5.52. The molecule has 0 aliphatic carbocycles. The number of hydrogen-bond donors (Lipinski definition) is 1. The van der Waals surface area contributed by atoms with Gasteiger partial charge in [-0.3, -0.25) is 4.68 Å². The van der Waals surface area contributed by atoms with E-state index in [-0.39, 0.29) is 6.10 Å². The molecule has 2 heterocycles. The van der Waals surface area contributed by atoms with E-state index in [9.17, 15) is 0 Å². The summed E-state index contributed by atoms with van der Waals surface area (Å²) in [5.41, 5.74) is 6.19. The molecule has 0 radical (unpaired) electrons. The molecule has 1 aliphatic rings. The van der Waals surface area contributed by atoms with E-state index in [2.05, 4.69) is 61.5 Å². The monoisotopic (exact) mass is 339 g/mol. The van der Waals surface area contributed by atoms with Gasteiger partial charge >= 0.3 is 0 Å². The zero-order valence-electron chi connectivity index (χ0n) is 15.7. The first kappa shape index (κ1) is 17.9. The van der Waals surface area contributed by atoms with Gasteiger partial charge in [-0.1, -0.05) is 42.0 Å². The summed E-state index contributed by atoms with van der Waals surface area (Å²) in [5, 5.41) is 8.17. The fourth-order valence-electron chi connectivity index (χ4n) is 3.70. The molecular formula is C21H29N3O. The lowest BCUT2D eigenvalue weighted by Crippen LogP contribution is -2.26. The lowest BCUT2D eigenvalue weighted by Gasteiger charge is -2.20. The molecule has 2 aromatic rings. The van der Waals surface area contributed by atoms with Crippen LogP contribution in [0.2, 0.25) is 0 Å². The number of nitrogens with one attached hydrogen (secondary N) is 1. The quantitative estimate of drug-likeness (QED) is 0.870. The summed E-state index contributed by atoms with van der Waals surface area (Å²) in [5.74, 6) is 0.506. The summed E-state index contributed by atoms with van der Waals surface area (Å²) >= 11 is 0. The molecule has 2 unspecified atom stereocenters. The highest BCUT2D eigenvalue weighted by atomic mass is 16.5. The molecule has 1 fully saturated rings. The Bertz CT molecular complexity index is 733. The summed E-state index contributed by atoms with van der Waals surface area (Å²) in [4.78, 5) is 0. The second-order valence-corrected chi connectivity index (χ2v) is 7.08. The molecule has 3 rings (SSSR count). The Balaban J connectivity index is 1.58. The Kier molecular flexibility index (Phi) is 5.71. The number of nitrogens with zero attached hydrogens (tertiary/aromatic N) is 2. The van der Waals surface area contributed by atoms with Crippen LogP contribution in [0.3, 0.4) is 0 Å². The second-order valence-electron chi connectivity index (χ2n) is 7.08. The van der Waals surface area contributed by atoms with Crippen molar-refractivity contribution in [1.29, 1.82) is 0 Å². The first-order valence-electron chi connectivity index (χ1n) is 9.11. The van der Waals surface area contributed by atoms with Crippen molar-refractivity contribution in [2.24, 2.45) is 13.0 Å². The highest BCUT2D eigenvalue weighted by Crippen LogP contribution is 2.37. The lowest BCUT2D eigenvalue weighted by molar-refractivity contribution is 0.0896. The highest BCUT2D eigenvalue weighted by Gasteiger charge is 2.33. The van der Waals surface area contributed by atoms with E-state index in [4.69, 9.17) is 4.74 Å². The van der Waals surface area contributed by atoms with Crippen molar-refractivity contribution in [3.8, 4) is 0 Å². The van der Waals surface area contributed by atoms with Crippen LogP contribution in [0, 0.1) is 19.8 Å². The largest absolute Gasteiger partial charge is 0.373 e. The average Bonchev–Trinajstić information content (AvgIpc) is 3.13. The summed E-state index contributed by atoms with van der Waals surface area (Å²) in [6.07, 6.45) is 3.51. The van der Waals surface area contributed by atoms with Crippen LogP contribution >= 0.6 is 0 Å². The number of hydrogen-bond acceptors (Lipinski definition) is 3. The molecule has 25 heavy (non-hydrogen) atoms. The summed E-state index contributed by atoms with van der Waals surface area (Å²) in [6.45, 7) is 9.11. The maximum atomic E-state index is 6.07. The first-order valence-corrected chi connectivity index (χ1v) is 9.11. The van der Waals surface area contributed by atoms with Crippen LogP contribution in [0.1, 0.15) is 42.0 Å². The van der Waals surface area contributed by atoms with Gasteiger partial charge in [0, 0.05) is 43.9 Å². The van der Waals surface area contributed by atoms with Crippen molar-refractivity contribution in [3.05, 3.63) is 58.4 Å². The van der Waals surface area contributed by atoms with Gasteiger partial charge in [0.2, 0.25) is 0 Å². The van der Waals surface area contributed by atoms with E-state index in [1.165, 1.54) is 22.4 Å². The van der Waals surface area contributed by atoms with E-state index in [0.717, 1.165) is 31.8 Å². The number of aryl methyl sites for hydroxylation is 2. The smallest absolute Gasteiger partial charge is 0.0901 e. The molecule has 2 atom stereocenters. The van der Waals surface area contributed by atoms with Crippen LogP contribution in [0.15, 0.2) is 35.9 Å². The molecule has 0 spiro atoms. The van der Waals surface area contributed by atoms with Crippen molar-refractivity contribution in [2.75, 3.05) is 19.7 Å². The summed E-state index contributed by atoms with van der Waals surface area (Å²) in [6, 6.07) is 10.5. The Morgan fingerprint density at radius 1 is 1.32 bits per heavy atom. The van der Waals surface area contributed by atoms with Crippen LogP contribution in [0.5, 0.6) is 0 Å². The minimum absolute atomic E-state index is 0.166. The first-order chi connectivity index (χ1) is 12.1. The van der Waals surface area contributed by atoms with Gasteiger partial charge in [-0.05, 0) is 32.8 Å². The number of aromatic nitrogens is 2. The van der Waals surface area contributed by atoms with Crippen molar-refractivity contribution in [2.45, 2.75) is 33.3 Å². The molecule has 0 saturated carbocycles. The Morgan fingerprint density at radius 3 is 2.76 bits per heavy atom. The molecule has 4 nitrogen and oxygen atoms in total. The average molecular weight is 339 g/mol. The topological polar surface area (TPSA) is 39.1 Å². The minimum atomic E-state index is 0.166. The maximum Gasteiger partial charge on any atom is 0.0901 e. The van der Waals surface area contributed by atoms with Gasteiger partial charge in [-0.25, -0.2) is 0 Å². The van der Waals surface area contributed by atoms with Gasteiger partial charge in [0.05, 0.1) is 11.8 Å². The SMILES string of the molecule is CC(=Cc1ccccc1)CNCC1CCOC1c1c(C)nn(C)c1C. The Morgan fingerprint density at radius 2 is 2.08 bits per heavy atom. The third-order valence-corrected chi connectivity index (χ3v) is 5.09. The zero-order valence-corrected chi connectivity index (χ0v) is 15.7. The van der Waals surface area contributed by atoms with Gasteiger partial charge in [0.15, 0.2) is 0 Å². The fourth-order valence-corrected chi connectivity index (χ4v) is 3.70. The van der Waals surface area contributed by atoms with Crippen LogP contribution in [-0.4, -0.2) is 29.5 Å². The predicted molar refractivity (Wildman–Crippen MR) is 102 cm³/mol. The molecule has 4 heteroatoms. The van der Waals surface area contributed by atoms with E-state index < -0.39 is 0 Å². The molecule has 1 saturated heterocycles. The molecule has 1 aromatic carbocycles. The van der Waals surface area contributed by atoms with Gasteiger partial charge in [-0.15, -0.1) is 0 Å². The van der Waals surface area contributed by atoms with Gasteiger partial charge in [0.25, 0.3) is 0 Å². The van der Waals surface area contributed by atoms with E-state index in [1.807, 2.05) is 17.8 Å². The van der Waals surface area contributed by atoms with E-state index in [1.54, 1.807) is 0 Å². The predicted octanol–water partition coefficient (Wildman–Crippen LogP) is 3.81. The van der Waals surface area contributed by atoms with Gasteiger partial charge in [-0.2, -0.15) is 5.10 Å². The molecule has 0 bridgehead atoms. The standard InChI is InChI=1S/C21H29N3O/c1-15(12-18-8-6-5-7-9-18)13-22-14-19-10-11-25-21(19)20-16(2)23-24(4)17(20)3/h5-9,12,19,21-22H,10-11,13-14H2,1-4H3. The zero-order chi connectivity index (χ0) is 17.8. The minimum Gasteiger partial charge on any atom is -0.373 e. The number of benzene rings is 1. The number of rotatable bonds is 6. The fraction of sp³-hybridized carbons (Fsp3) is 0.476. The Labute approximate surface area is 150 Å². The molecule has 0 amide bonds. The summed E-state index contributed by atoms with van der Waals surface area (Å²) in [7, 11) is 2.01. The molecule has 1 aromatic heterocycles. The van der Waals surface area contributed by atoms with Crippen molar-refractivity contribution in [3.63, 3.8) is 0 Å². The summed E-state index contributed by atoms with van der Waals surface area (Å²) < 4.78 is 8.03. The molecule has 1 N–H and O–H groups in total. The molecule has 1 aliphatic heterocycles. The van der Waals surface area contributed by atoms with Crippen molar-refractivity contribution >= 4 is 6.08 Å². The second kappa shape index (κ2) is 7.98. The van der Waals surface area contributed by atoms with Crippen LogP contribution in [-0.2, 0) is 11.8 Å². The van der Waals surface area contributed by atoms with E-state index >= 15 is 0 Å². The lowest BCUT2D eigenvalue weighted by atomic mass is 9.94. The molecule has 134 valence electrons. The number of ether oxygens (including phenoxy) is 1.